The highest BCUT2D eigenvalue weighted by Crippen LogP contribution is 2.25. The van der Waals surface area contributed by atoms with Crippen LogP contribution in [0.1, 0.15) is 46.0 Å². The zero-order valence-electron chi connectivity index (χ0n) is 10.1. The molecular formula is C12H26N2. The largest absolute Gasteiger partial charge is 0.329 e. The van der Waals surface area contributed by atoms with Gasteiger partial charge in [-0.1, -0.05) is 19.3 Å². The van der Waals surface area contributed by atoms with Crippen LogP contribution in [0.25, 0.3) is 0 Å². The van der Waals surface area contributed by atoms with E-state index in [0.29, 0.717) is 0 Å². The summed E-state index contributed by atoms with van der Waals surface area (Å²) in [5.74, 6) is 0.916. The van der Waals surface area contributed by atoms with Crippen LogP contribution in [-0.4, -0.2) is 30.6 Å². The van der Waals surface area contributed by atoms with Gasteiger partial charge in [-0.05, 0) is 39.7 Å². The molecule has 1 saturated carbocycles. The number of rotatable bonds is 4. The summed E-state index contributed by atoms with van der Waals surface area (Å²) in [6.07, 6.45) is 7.15. The minimum Gasteiger partial charge on any atom is -0.329 e. The first-order valence-corrected chi connectivity index (χ1v) is 5.97. The Balaban J connectivity index is 2.34. The fraction of sp³-hybridized carbons (Fsp3) is 1.00. The van der Waals surface area contributed by atoms with Crippen molar-refractivity contribution in [2.24, 2.45) is 11.7 Å². The summed E-state index contributed by atoms with van der Waals surface area (Å²) in [5, 5.41) is 0. The molecule has 0 aromatic heterocycles. The van der Waals surface area contributed by atoms with Crippen molar-refractivity contribution in [1.82, 2.24) is 4.90 Å². The number of hydrogen-bond acceptors (Lipinski definition) is 2. The maximum Gasteiger partial charge on any atom is 0.0272 e. The Hall–Kier alpha value is -0.0800. The van der Waals surface area contributed by atoms with Crippen LogP contribution in [0.4, 0.5) is 0 Å². The van der Waals surface area contributed by atoms with Crippen molar-refractivity contribution in [3.8, 4) is 0 Å². The molecule has 0 heterocycles. The fourth-order valence-electron chi connectivity index (χ4n) is 2.16. The van der Waals surface area contributed by atoms with E-state index in [1.807, 2.05) is 0 Å². The molecule has 2 N–H and O–H groups in total. The average Bonchev–Trinajstić information content (AvgIpc) is 2.19. The van der Waals surface area contributed by atoms with Gasteiger partial charge in [0.2, 0.25) is 0 Å². The smallest absolute Gasteiger partial charge is 0.0272 e. The van der Waals surface area contributed by atoms with Crippen LogP contribution in [0.2, 0.25) is 0 Å². The van der Waals surface area contributed by atoms with Crippen LogP contribution in [0, 0.1) is 5.92 Å². The first-order valence-electron chi connectivity index (χ1n) is 5.97. The summed E-state index contributed by atoms with van der Waals surface area (Å²) in [5.41, 5.74) is 5.93. The molecule has 0 aromatic carbocycles. The second kappa shape index (κ2) is 5.13. The van der Waals surface area contributed by atoms with Gasteiger partial charge in [-0.3, -0.25) is 4.90 Å². The number of nitrogens with two attached hydrogens (primary N) is 1. The summed E-state index contributed by atoms with van der Waals surface area (Å²) in [6.45, 7) is 6.44. The van der Waals surface area contributed by atoms with E-state index in [1.165, 1.54) is 38.6 Å². The third kappa shape index (κ3) is 3.25. The van der Waals surface area contributed by atoms with Gasteiger partial charge in [0.15, 0.2) is 0 Å². The second-order valence-corrected chi connectivity index (χ2v) is 5.40. The third-order valence-electron chi connectivity index (χ3n) is 3.79. The number of hydrogen-bond donors (Lipinski definition) is 1. The Morgan fingerprint density at radius 3 is 2.29 bits per heavy atom. The molecule has 0 spiro atoms. The lowest BCUT2D eigenvalue weighted by Gasteiger charge is -2.37. The Bertz CT molecular complexity index is 160. The van der Waals surface area contributed by atoms with E-state index in [0.717, 1.165) is 12.5 Å². The molecular weight excluding hydrogens is 172 g/mol. The quantitative estimate of drug-likeness (QED) is 0.750. The zero-order valence-corrected chi connectivity index (χ0v) is 10.1. The van der Waals surface area contributed by atoms with Gasteiger partial charge >= 0.3 is 0 Å². The maximum absolute atomic E-state index is 5.77. The van der Waals surface area contributed by atoms with Crippen molar-refractivity contribution in [3.05, 3.63) is 0 Å². The summed E-state index contributed by atoms with van der Waals surface area (Å²) < 4.78 is 0. The average molecular weight is 198 g/mol. The van der Waals surface area contributed by atoms with Crippen molar-refractivity contribution >= 4 is 0 Å². The molecule has 1 aliphatic rings. The van der Waals surface area contributed by atoms with E-state index in [4.69, 9.17) is 5.73 Å². The second-order valence-electron chi connectivity index (χ2n) is 5.40. The zero-order chi connectivity index (χ0) is 10.6. The molecule has 1 fully saturated rings. The first-order chi connectivity index (χ1) is 6.56. The van der Waals surface area contributed by atoms with E-state index in [1.54, 1.807) is 0 Å². The first kappa shape index (κ1) is 12.0. The highest BCUT2D eigenvalue weighted by atomic mass is 15.2. The summed E-state index contributed by atoms with van der Waals surface area (Å²) in [7, 11) is 2.21. The molecule has 0 aromatic rings. The van der Waals surface area contributed by atoms with Crippen molar-refractivity contribution in [2.45, 2.75) is 51.5 Å². The molecule has 0 unspecified atom stereocenters. The van der Waals surface area contributed by atoms with Crippen LogP contribution < -0.4 is 5.73 Å². The lowest BCUT2D eigenvalue weighted by atomic mass is 9.88. The monoisotopic (exact) mass is 198 g/mol. The molecule has 2 nitrogen and oxygen atoms in total. The molecule has 1 rings (SSSR count). The van der Waals surface area contributed by atoms with E-state index in [2.05, 4.69) is 25.8 Å². The predicted octanol–water partition coefficient (Wildman–Crippen LogP) is 2.24. The number of nitrogens with zero attached hydrogens (tertiary/aromatic N) is 1. The van der Waals surface area contributed by atoms with Gasteiger partial charge in [0.25, 0.3) is 0 Å². The van der Waals surface area contributed by atoms with Crippen LogP contribution >= 0.6 is 0 Å². The Morgan fingerprint density at radius 2 is 1.79 bits per heavy atom. The molecule has 2 heteroatoms. The Kier molecular flexibility index (Phi) is 4.39. The normalized spacial score (nSPS) is 20.4. The molecule has 0 radical (unpaired) electrons. The van der Waals surface area contributed by atoms with Gasteiger partial charge in [-0.25, -0.2) is 0 Å². The molecule has 0 aliphatic heterocycles. The SMILES string of the molecule is CN(CC1CCCCC1)C(C)(C)CN. The summed E-state index contributed by atoms with van der Waals surface area (Å²) in [6, 6.07) is 0. The van der Waals surface area contributed by atoms with Crippen LogP contribution in [0.15, 0.2) is 0 Å². The summed E-state index contributed by atoms with van der Waals surface area (Å²) >= 11 is 0. The molecule has 0 saturated heterocycles. The van der Waals surface area contributed by atoms with E-state index in [-0.39, 0.29) is 5.54 Å². The van der Waals surface area contributed by atoms with Crippen LogP contribution in [0.5, 0.6) is 0 Å². The minimum atomic E-state index is 0.164. The van der Waals surface area contributed by atoms with E-state index in [9.17, 15) is 0 Å². The Labute approximate surface area is 88.8 Å². The van der Waals surface area contributed by atoms with Crippen molar-refractivity contribution in [2.75, 3.05) is 20.1 Å². The highest BCUT2D eigenvalue weighted by molar-refractivity contribution is 4.82. The minimum absolute atomic E-state index is 0.164. The molecule has 0 atom stereocenters. The highest BCUT2D eigenvalue weighted by Gasteiger charge is 2.24. The van der Waals surface area contributed by atoms with Crippen molar-refractivity contribution in [1.29, 1.82) is 0 Å². The van der Waals surface area contributed by atoms with Crippen LogP contribution in [0.3, 0.4) is 0 Å². The van der Waals surface area contributed by atoms with Gasteiger partial charge in [0.1, 0.15) is 0 Å². The maximum atomic E-state index is 5.77. The lowest BCUT2D eigenvalue weighted by molar-refractivity contribution is 0.125. The molecule has 0 bridgehead atoms. The van der Waals surface area contributed by atoms with Gasteiger partial charge in [0.05, 0.1) is 0 Å². The van der Waals surface area contributed by atoms with Crippen molar-refractivity contribution in [3.63, 3.8) is 0 Å². The van der Waals surface area contributed by atoms with E-state index < -0.39 is 0 Å². The van der Waals surface area contributed by atoms with E-state index >= 15 is 0 Å². The molecule has 0 amide bonds. The predicted molar refractivity (Wildman–Crippen MR) is 62.3 cm³/mol. The third-order valence-corrected chi connectivity index (χ3v) is 3.79. The van der Waals surface area contributed by atoms with Crippen molar-refractivity contribution < 1.29 is 0 Å². The van der Waals surface area contributed by atoms with Crippen LogP contribution in [-0.2, 0) is 0 Å². The molecule has 14 heavy (non-hydrogen) atoms. The topological polar surface area (TPSA) is 29.3 Å². The Morgan fingerprint density at radius 1 is 1.21 bits per heavy atom. The molecule has 1 aliphatic carbocycles. The lowest BCUT2D eigenvalue weighted by Crippen LogP contribution is -2.48. The summed E-state index contributed by atoms with van der Waals surface area (Å²) in [4.78, 5) is 2.43. The molecule has 84 valence electrons. The van der Waals surface area contributed by atoms with Gasteiger partial charge in [-0.15, -0.1) is 0 Å². The van der Waals surface area contributed by atoms with Gasteiger partial charge in [-0.2, -0.15) is 0 Å². The fourth-order valence-corrected chi connectivity index (χ4v) is 2.16. The standard InChI is InChI=1S/C12H26N2/c1-12(2,10-13)14(3)9-11-7-5-4-6-8-11/h11H,4-10,13H2,1-3H3. The van der Waals surface area contributed by atoms with Gasteiger partial charge < -0.3 is 5.73 Å². The number of likely N-dealkylation sites (N-methyl/N-ethyl adjacent to an activating group) is 1. The van der Waals surface area contributed by atoms with Gasteiger partial charge in [0, 0.05) is 18.6 Å².